The third-order valence-corrected chi connectivity index (χ3v) is 7.21. The van der Waals surface area contributed by atoms with Gasteiger partial charge in [-0.15, -0.1) is 0 Å². The molecule has 9 heteroatoms. The summed E-state index contributed by atoms with van der Waals surface area (Å²) in [6.07, 6.45) is 3.11. The van der Waals surface area contributed by atoms with Crippen LogP contribution in [0.2, 0.25) is 0 Å². The minimum absolute atomic E-state index is 0.0402. The molecule has 0 aliphatic rings. The van der Waals surface area contributed by atoms with E-state index in [0.29, 0.717) is 17.9 Å². The van der Waals surface area contributed by atoms with Gasteiger partial charge in [0.05, 0.1) is 17.7 Å². The zero-order chi connectivity index (χ0) is 25.3. The predicted octanol–water partition coefficient (Wildman–Crippen LogP) is 4.66. The summed E-state index contributed by atoms with van der Waals surface area (Å²) < 4.78 is 34.1. The molecule has 0 saturated heterocycles. The van der Waals surface area contributed by atoms with Crippen molar-refractivity contribution >= 4 is 38.1 Å². The van der Waals surface area contributed by atoms with Gasteiger partial charge in [-0.05, 0) is 54.4 Å². The zero-order valence-corrected chi connectivity index (χ0v) is 21.6. The highest BCUT2D eigenvalue weighted by molar-refractivity contribution is 9.10. The molecule has 7 nitrogen and oxygen atoms in total. The Balaban J connectivity index is 1.74. The highest BCUT2D eigenvalue weighted by atomic mass is 79.9. The summed E-state index contributed by atoms with van der Waals surface area (Å²) in [6.45, 7) is 5.58. The fourth-order valence-corrected chi connectivity index (χ4v) is 4.74. The number of halogens is 1. The summed E-state index contributed by atoms with van der Waals surface area (Å²) in [5, 5.41) is 3.97. The average molecular weight is 556 g/mol. The fraction of sp³-hybridized carbons (Fsp3) is 0.154. The smallest absolute Gasteiger partial charge is 0.255 e. The molecule has 0 aromatic heterocycles. The molecular formula is C26H26BrN3O4S. The van der Waals surface area contributed by atoms with Gasteiger partial charge < -0.3 is 4.74 Å². The molecule has 0 heterocycles. The van der Waals surface area contributed by atoms with E-state index >= 15 is 0 Å². The first-order valence-corrected chi connectivity index (χ1v) is 13.0. The molecule has 3 rings (SSSR count). The molecular weight excluding hydrogens is 530 g/mol. The molecule has 0 saturated carbocycles. The lowest BCUT2D eigenvalue weighted by molar-refractivity contribution is -0.121. The number of carbonyl (C=O) groups is 1. The van der Waals surface area contributed by atoms with E-state index in [1.165, 1.54) is 18.3 Å². The SMILES string of the molecule is C=CCOc1cccc(/C=N\NC(=O)CN(Cc2ccc(C)cc2)S(=O)(=O)c2ccc(Br)cc2)c1. The van der Waals surface area contributed by atoms with Gasteiger partial charge in [0.15, 0.2) is 0 Å². The van der Waals surface area contributed by atoms with Crippen LogP contribution in [-0.2, 0) is 21.4 Å². The molecule has 0 radical (unpaired) electrons. The van der Waals surface area contributed by atoms with Crippen LogP contribution in [0.5, 0.6) is 5.75 Å². The number of hydrogen-bond donors (Lipinski definition) is 1. The first-order valence-electron chi connectivity index (χ1n) is 10.7. The van der Waals surface area contributed by atoms with Crippen LogP contribution in [0.4, 0.5) is 0 Å². The van der Waals surface area contributed by atoms with E-state index in [2.05, 4.69) is 33.0 Å². The van der Waals surface area contributed by atoms with Crippen LogP contribution < -0.4 is 10.2 Å². The van der Waals surface area contributed by atoms with Gasteiger partial charge in [0.2, 0.25) is 10.0 Å². The molecule has 1 N–H and O–H groups in total. The third kappa shape index (κ3) is 7.88. The minimum atomic E-state index is -3.94. The quantitative estimate of drug-likeness (QED) is 0.211. The maximum atomic E-state index is 13.3. The summed E-state index contributed by atoms with van der Waals surface area (Å²) >= 11 is 3.31. The van der Waals surface area contributed by atoms with Crippen molar-refractivity contribution < 1.29 is 17.9 Å². The molecule has 0 bridgehead atoms. The number of rotatable bonds is 11. The van der Waals surface area contributed by atoms with Crippen molar-refractivity contribution in [1.29, 1.82) is 0 Å². The van der Waals surface area contributed by atoms with Crippen molar-refractivity contribution in [3.05, 3.63) is 107 Å². The third-order valence-electron chi connectivity index (χ3n) is 4.88. The van der Waals surface area contributed by atoms with Gasteiger partial charge in [0.1, 0.15) is 12.4 Å². The van der Waals surface area contributed by atoms with E-state index in [1.54, 1.807) is 42.5 Å². The van der Waals surface area contributed by atoms with Gasteiger partial charge in [-0.2, -0.15) is 9.41 Å². The number of benzene rings is 3. The molecule has 3 aromatic carbocycles. The van der Waals surface area contributed by atoms with Crippen molar-refractivity contribution in [1.82, 2.24) is 9.73 Å². The van der Waals surface area contributed by atoms with Crippen molar-refractivity contribution in [3.63, 3.8) is 0 Å². The van der Waals surface area contributed by atoms with Gasteiger partial charge in [-0.25, -0.2) is 13.8 Å². The number of hydrogen-bond acceptors (Lipinski definition) is 5. The Morgan fingerprint density at radius 3 is 2.51 bits per heavy atom. The highest BCUT2D eigenvalue weighted by Gasteiger charge is 2.27. The number of ether oxygens (including phenoxy) is 1. The van der Waals surface area contributed by atoms with Gasteiger partial charge in [-0.3, -0.25) is 4.79 Å². The summed E-state index contributed by atoms with van der Waals surface area (Å²) in [5.41, 5.74) is 4.95. The van der Waals surface area contributed by atoms with Gasteiger partial charge >= 0.3 is 0 Å². The van der Waals surface area contributed by atoms with Gasteiger partial charge in [-0.1, -0.05) is 70.5 Å². The van der Waals surface area contributed by atoms with Crippen LogP contribution in [0.3, 0.4) is 0 Å². The lowest BCUT2D eigenvalue weighted by Crippen LogP contribution is -2.39. The average Bonchev–Trinajstić information content (AvgIpc) is 2.84. The van der Waals surface area contributed by atoms with Crippen LogP contribution in [0, 0.1) is 6.92 Å². The van der Waals surface area contributed by atoms with Crippen molar-refractivity contribution in [3.8, 4) is 5.75 Å². The Kier molecular flexibility index (Phi) is 9.36. The number of amides is 1. The number of carbonyl (C=O) groups excluding carboxylic acids is 1. The Morgan fingerprint density at radius 1 is 1.11 bits per heavy atom. The summed E-state index contributed by atoms with van der Waals surface area (Å²) in [4.78, 5) is 12.8. The number of aryl methyl sites for hydroxylation is 1. The molecule has 0 spiro atoms. The second kappa shape index (κ2) is 12.4. The largest absolute Gasteiger partial charge is 0.490 e. The summed E-state index contributed by atoms with van der Waals surface area (Å²) in [5.74, 6) is 0.0816. The standard InChI is InChI=1S/C26H26BrN3O4S/c1-3-15-34-24-6-4-5-22(16-24)17-28-29-26(31)19-30(18-21-9-7-20(2)8-10-21)35(32,33)25-13-11-23(27)12-14-25/h3-14,16-17H,1,15,18-19H2,2H3,(H,29,31)/b28-17-. The van der Waals surface area contributed by atoms with Gasteiger partial charge in [0, 0.05) is 11.0 Å². The van der Waals surface area contributed by atoms with E-state index in [-0.39, 0.29) is 11.4 Å². The number of nitrogens with zero attached hydrogens (tertiary/aromatic N) is 2. The number of sulfonamides is 1. The Hall–Kier alpha value is -3.27. The minimum Gasteiger partial charge on any atom is -0.490 e. The van der Waals surface area contributed by atoms with Crippen LogP contribution in [0.25, 0.3) is 0 Å². The van der Waals surface area contributed by atoms with Crippen LogP contribution >= 0.6 is 15.9 Å². The molecule has 0 aliphatic carbocycles. The molecule has 0 unspecified atom stereocenters. The van der Waals surface area contributed by atoms with Crippen LogP contribution in [0.15, 0.2) is 99.9 Å². The van der Waals surface area contributed by atoms with Crippen LogP contribution in [-0.4, -0.2) is 38.0 Å². The summed E-state index contributed by atoms with van der Waals surface area (Å²) in [7, 11) is -3.94. The number of hydrazone groups is 1. The zero-order valence-electron chi connectivity index (χ0n) is 19.2. The molecule has 1 amide bonds. The second-order valence-electron chi connectivity index (χ2n) is 7.68. The molecule has 3 aromatic rings. The monoisotopic (exact) mass is 555 g/mol. The van der Waals surface area contributed by atoms with E-state index < -0.39 is 22.5 Å². The van der Waals surface area contributed by atoms with E-state index in [4.69, 9.17) is 4.74 Å². The van der Waals surface area contributed by atoms with Crippen molar-refractivity contribution in [2.24, 2.45) is 5.10 Å². The maximum Gasteiger partial charge on any atom is 0.255 e. The lowest BCUT2D eigenvalue weighted by atomic mass is 10.1. The molecule has 0 atom stereocenters. The van der Waals surface area contributed by atoms with Crippen LogP contribution in [0.1, 0.15) is 16.7 Å². The topological polar surface area (TPSA) is 88.1 Å². The lowest BCUT2D eigenvalue weighted by Gasteiger charge is -2.21. The van der Waals surface area contributed by atoms with E-state index in [9.17, 15) is 13.2 Å². The predicted molar refractivity (Wildman–Crippen MR) is 141 cm³/mol. The first kappa shape index (κ1) is 26.3. The molecule has 0 fully saturated rings. The maximum absolute atomic E-state index is 13.3. The molecule has 0 aliphatic heterocycles. The summed E-state index contributed by atoms with van der Waals surface area (Å²) in [6, 6.07) is 21.0. The Labute approximate surface area is 214 Å². The van der Waals surface area contributed by atoms with Crippen molar-refractivity contribution in [2.45, 2.75) is 18.4 Å². The van der Waals surface area contributed by atoms with Gasteiger partial charge in [0.25, 0.3) is 5.91 Å². The first-order chi connectivity index (χ1) is 16.8. The van der Waals surface area contributed by atoms with E-state index in [0.717, 1.165) is 19.9 Å². The second-order valence-corrected chi connectivity index (χ2v) is 10.5. The normalized spacial score (nSPS) is 11.5. The van der Waals surface area contributed by atoms with E-state index in [1.807, 2.05) is 31.2 Å². The Bertz CT molecular complexity index is 1290. The van der Waals surface area contributed by atoms with Crippen molar-refractivity contribution in [2.75, 3.05) is 13.2 Å². The molecule has 182 valence electrons. The Morgan fingerprint density at radius 2 is 1.83 bits per heavy atom. The number of nitrogens with one attached hydrogen (secondary N) is 1. The molecule has 35 heavy (non-hydrogen) atoms. The highest BCUT2D eigenvalue weighted by Crippen LogP contribution is 2.21. The fourth-order valence-electron chi connectivity index (χ4n) is 3.09.